The van der Waals surface area contributed by atoms with Gasteiger partial charge in [0.25, 0.3) is 0 Å². The van der Waals surface area contributed by atoms with Gasteiger partial charge < -0.3 is 10.3 Å². The third kappa shape index (κ3) is 3.32. The van der Waals surface area contributed by atoms with Gasteiger partial charge in [0.05, 0.1) is 17.1 Å². The fourth-order valence-electron chi connectivity index (χ4n) is 3.16. The maximum Gasteiger partial charge on any atom is 0.220 e. The van der Waals surface area contributed by atoms with E-state index in [1.807, 2.05) is 42.5 Å². The van der Waals surface area contributed by atoms with Crippen LogP contribution in [0.4, 0.5) is 0 Å². The van der Waals surface area contributed by atoms with Gasteiger partial charge in [-0.05, 0) is 36.5 Å². The van der Waals surface area contributed by atoms with Gasteiger partial charge in [0, 0.05) is 12.8 Å². The number of H-pyrrole nitrogens is 1. The molecular formula is C20H21N3O. The van der Waals surface area contributed by atoms with Gasteiger partial charge in [-0.15, -0.1) is 0 Å². The summed E-state index contributed by atoms with van der Waals surface area (Å²) in [7, 11) is 0. The van der Waals surface area contributed by atoms with Crippen LogP contribution in [-0.2, 0) is 11.2 Å². The second-order valence-corrected chi connectivity index (χ2v) is 6.49. The Labute approximate surface area is 141 Å². The van der Waals surface area contributed by atoms with Gasteiger partial charge in [0.2, 0.25) is 5.91 Å². The highest BCUT2D eigenvalue weighted by molar-refractivity contribution is 5.77. The zero-order valence-corrected chi connectivity index (χ0v) is 13.5. The van der Waals surface area contributed by atoms with Crippen molar-refractivity contribution in [2.45, 2.75) is 31.7 Å². The highest BCUT2D eigenvalue weighted by Crippen LogP contribution is 2.40. The Bertz CT molecular complexity index is 803. The molecule has 0 spiro atoms. The summed E-state index contributed by atoms with van der Waals surface area (Å²) in [4.78, 5) is 20.2. The smallest absolute Gasteiger partial charge is 0.220 e. The molecular weight excluding hydrogens is 298 g/mol. The number of nitrogens with one attached hydrogen (secondary N) is 2. The van der Waals surface area contributed by atoms with Gasteiger partial charge in [0.1, 0.15) is 5.82 Å². The van der Waals surface area contributed by atoms with Crippen molar-refractivity contribution >= 4 is 16.9 Å². The van der Waals surface area contributed by atoms with Crippen LogP contribution in [0.1, 0.15) is 36.7 Å². The first-order valence-electron chi connectivity index (χ1n) is 8.57. The molecule has 1 aliphatic carbocycles. The monoisotopic (exact) mass is 319 g/mol. The van der Waals surface area contributed by atoms with Crippen LogP contribution in [0.5, 0.6) is 0 Å². The van der Waals surface area contributed by atoms with Crippen molar-refractivity contribution in [2.75, 3.05) is 0 Å². The second-order valence-electron chi connectivity index (χ2n) is 6.49. The lowest BCUT2D eigenvalue weighted by Crippen LogP contribution is -2.30. The van der Waals surface area contributed by atoms with Crippen LogP contribution in [0.3, 0.4) is 0 Å². The molecule has 122 valence electrons. The number of fused-ring (bicyclic) bond motifs is 1. The summed E-state index contributed by atoms with van der Waals surface area (Å²) in [5.74, 6) is 1.55. The van der Waals surface area contributed by atoms with Crippen molar-refractivity contribution in [1.82, 2.24) is 15.3 Å². The Balaban J connectivity index is 1.38. The lowest BCUT2D eigenvalue weighted by atomic mass is 10.0. The fraction of sp³-hybridized carbons (Fsp3) is 0.300. The van der Waals surface area contributed by atoms with Crippen molar-refractivity contribution in [3.05, 3.63) is 66.0 Å². The molecule has 0 bridgehead atoms. The standard InChI is InChI=1S/C20H21N3O/c24-19(13-12-18-21-16-8-4-5-9-17(16)22-18)23-20(15-10-11-15)14-6-2-1-3-7-14/h1-9,15,20H,10-13H2,(H,21,22)(H,23,24). The van der Waals surface area contributed by atoms with E-state index in [1.165, 1.54) is 18.4 Å². The minimum atomic E-state index is 0.0937. The maximum atomic E-state index is 12.4. The van der Waals surface area contributed by atoms with E-state index >= 15 is 0 Å². The van der Waals surface area contributed by atoms with E-state index in [-0.39, 0.29) is 11.9 Å². The number of hydrogen-bond acceptors (Lipinski definition) is 2. The Morgan fingerprint density at radius 3 is 2.62 bits per heavy atom. The van der Waals surface area contributed by atoms with E-state index in [1.54, 1.807) is 0 Å². The summed E-state index contributed by atoms with van der Waals surface area (Å²) in [6.07, 6.45) is 3.48. The van der Waals surface area contributed by atoms with Crippen molar-refractivity contribution in [3.8, 4) is 0 Å². The Kier molecular flexibility index (Phi) is 4.03. The molecule has 4 rings (SSSR count). The van der Waals surface area contributed by atoms with Crippen LogP contribution in [-0.4, -0.2) is 15.9 Å². The van der Waals surface area contributed by atoms with E-state index < -0.39 is 0 Å². The molecule has 3 aromatic rings. The van der Waals surface area contributed by atoms with Gasteiger partial charge >= 0.3 is 0 Å². The molecule has 0 aliphatic heterocycles. The summed E-state index contributed by atoms with van der Waals surface area (Å²) < 4.78 is 0. The summed E-state index contributed by atoms with van der Waals surface area (Å²) in [5, 5.41) is 3.22. The number of rotatable bonds is 6. The van der Waals surface area contributed by atoms with E-state index in [0.29, 0.717) is 18.8 Å². The first-order valence-corrected chi connectivity index (χ1v) is 8.57. The average molecular weight is 319 g/mol. The van der Waals surface area contributed by atoms with E-state index in [2.05, 4.69) is 27.4 Å². The fourth-order valence-corrected chi connectivity index (χ4v) is 3.16. The number of carbonyl (C=O) groups excluding carboxylic acids is 1. The van der Waals surface area contributed by atoms with Gasteiger partial charge in [0.15, 0.2) is 0 Å². The van der Waals surface area contributed by atoms with Crippen LogP contribution in [0.25, 0.3) is 11.0 Å². The maximum absolute atomic E-state index is 12.4. The lowest BCUT2D eigenvalue weighted by Gasteiger charge is -2.18. The SMILES string of the molecule is O=C(CCc1nc2ccccc2[nH]1)NC(c1ccccc1)C1CC1. The normalized spacial score (nSPS) is 15.3. The van der Waals surface area contributed by atoms with Crippen molar-refractivity contribution in [3.63, 3.8) is 0 Å². The summed E-state index contributed by atoms with van der Waals surface area (Å²) in [5.41, 5.74) is 3.18. The quantitative estimate of drug-likeness (QED) is 0.727. The van der Waals surface area contributed by atoms with E-state index in [4.69, 9.17) is 0 Å². The van der Waals surface area contributed by atoms with Crippen LogP contribution < -0.4 is 5.32 Å². The third-order valence-electron chi connectivity index (χ3n) is 4.60. The minimum Gasteiger partial charge on any atom is -0.349 e. The first kappa shape index (κ1) is 14.9. The number of amides is 1. The number of hydrogen-bond donors (Lipinski definition) is 2. The molecule has 0 radical (unpaired) electrons. The number of nitrogens with zero attached hydrogens (tertiary/aromatic N) is 1. The zero-order chi connectivity index (χ0) is 16.4. The Morgan fingerprint density at radius 1 is 1.12 bits per heavy atom. The Morgan fingerprint density at radius 2 is 1.88 bits per heavy atom. The molecule has 1 fully saturated rings. The number of aromatic amines is 1. The zero-order valence-electron chi connectivity index (χ0n) is 13.5. The Hall–Kier alpha value is -2.62. The van der Waals surface area contributed by atoms with Crippen molar-refractivity contribution in [1.29, 1.82) is 0 Å². The highest BCUT2D eigenvalue weighted by atomic mass is 16.1. The third-order valence-corrected chi connectivity index (χ3v) is 4.60. The molecule has 4 nitrogen and oxygen atoms in total. The van der Waals surface area contributed by atoms with Crippen LogP contribution in [0, 0.1) is 5.92 Å². The summed E-state index contributed by atoms with van der Waals surface area (Å²) in [6.45, 7) is 0. The number of carbonyl (C=O) groups is 1. The molecule has 4 heteroatoms. The predicted molar refractivity (Wildman–Crippen MR) is 94.5 cm³/mol. The molecule has 1 aromatic heterocycles. The molecule has 1 aliphatic rings. The second kappa shape index (κ2) is 6.48. The number of para-hydroxylation sites is 2. The van der Waals surface area contributed by atoms with Gasteiger partial charge in [-0.3, -0.25) is 4.79 Å². The molecule has 2 N–H and O–H groups in total. The minimum absolute atomic E-state index is 0.0937. The largest absolute Gasteiger partial charge is 0.349 e. The van der Waals surface area contributed by atoms with Crippen molar-refractivity contribution in [2.24, 2.45) is 5.92 Å². The molecule has 1 heterocycles. The molecule has 0 saturated heterocycles. The predicted octanol–water partition coefficient (Wildman–Crippen LogP) is 3.76. The van der Waals surface area contributed by atoms with E-state index in [0.717, 1.165) is 16.9 Å². The number of imidazole rings is 1. The van der Waals surface area contributed by atoms with Gasteiger partial charge in [-0.2, -0.15) is 0 Å². The topological polar surface area (TPSA) is 57.8 Å². The molecule has 1 unspecified atom stereocenters. The van der Waals surface area contributed by atoms with Crippen molar-refractivity contribution < 1.29 is 4.79 Å². The molecule has 24 heavy (non-hydrogen) atoms. The molecule has 1 saturated carbocycles. The number of aryl methyl sites for hydroxylation is 1. The van der Waals surface area contributed by atoms with Crippen LogP contribution in [0.15, 0.2) is 54.6 Å². The molecule has 2 aromatic carbocycles. The van der Waals surface area contributed by atoms with E-state index in [9.17, 15) is 4.79 Å². The summed E-state index contributed by atoms with van der Waals surface area (Å²) in [6, 6.07) is 18.4. The van der Waals surface area contributed by atoms with Crippen LogP contribution in [0.2, 0.25) is 0 Å². The lowest BCUT2D eigenvalue weighted by molar-refractivity contribution is -0.122. The summed E-state index contributed by atoms with van der Waals surface area (Å²) >= 11 is 0. The van der Waals surface area contributed by atoms with Crippen LogP contribution >= 0.6 is 0 Å². The first-order chi connectivity index (χ1) is 11.8. The molecule has 1 atom stereocenters. The van der Waals surface area contributed by atoms with Gasteiger partial charge in [-0.25, -0.2) is 4.98 Å². The average Bonchev–Trinajstić information content (AvgIpc) is 3.37. The number of aromatic nitrogens is 2. The molecule has 1 amide bonds. The highest BCUT2D eigenvalue weighted by Gasteiger charge is 2.33. The van der Waals surface area contributed by atoms with Gasteiger partial charge in [-0.1, -0.05) is 42.5 Å². The number of benzene rings is 2.